The number of nitrogens with one attached hydrogen (secondary N) is 2. The number of benzene rings is 1. The molecule has 0 radical (unpaired) electrons. The van der Waals surface area contributed by atoms with Gasteiger partial charge in [-0.15, -0.1) is 0 Å². The predicted molar refractivity (Wildman–Crippen MR) is 104 cm³/mol. The minimum atomic E-state index is -0.212. The summed E-state index contributed by atoms with van der Waals surface area (Å²) in [5, 5.41) is 3.74. The van der Waals surface area contributed by atoms with Crippen LogP contribution in [0.1, 0.15) is 41.6 Å². The number of aromatic nitrogens is 5. The third-order valence-electron chi connectivity index (χ3n) is 4.34. The average molecular weight is 360 g/mol. The van der Waals surface area contributed by atoms with Crippen LogP contribution in [0, 0.1) is 0 Å². The number of aromatic amines is 1. The molecule has 4 aromatic rings. The first-order chi connectivity index (χ1) is 13.1. The van der Waals surface area contributed by atoms with Crippen LogP contribution >= 0.6 is 0 Å². The fraction of sp³-hybridized carbons (Fsp3) is 0.200. The van der Waals surface area contributed by atoms with Crippen LogP contribution in [0.2, 0.25) is 0 Å². The molecule has 7 heteroatoms. The molecule has 0 aliphatic carbocycles. The van der Waals surface area contributed by atoms with Crippen LogP contribution in [0.25, 0.3) is 11.0 Å². The lowest BCUT2D eigenvalue weighted by atomic mass is 10.1. The van der Waals surface area contributed by atoms with Crippen LogP contribution < -0.4 is 5.32 Å². The molecule has 7 nitrogen and oxygen atoms in total. The monoisotopic (exact) mass is 360 g/mol. The van der Waals surface area contributed by atoms with Gasteiger partial charge >= 0.3 is 0 Å². The summed E-state index contributed by atoms with van der Waals surface area (Å²) < 4.78 is 2.13. The van der Waals surface area contributed by atoms with E-state index < -0.39 is 0 Å². The summed E-state index contributed by atoms with van der Waals surface area (Å²) in [5.41, 5.74) is 2.93. The number of fused-ring (bicyclic) bond motifs is 1. The summed E-state index contributed by atoms with van der Waals surface area (Å²) >= 11 is 0. The first-order valence-electron chi connectivity index (χ1n) is 8.80. The molecule has 0 spiro atoms. The molecule has 4 rings (SSSR count). The third kappa shape index (κ3) is 3.57. The van der Waals surface area contributed by atoms with Crippen molar-refractivity contribution in [3.05, 3.63) is 72.3 Å². The number of anilines is 1. The molecule has 2 N–H and O–H groups in total. The van der Waals surface area contributed by atoms with E-state index in [0.29, 0.717) is 23.8 Å². The number of hydrogen-bond acceptors (Lipinski definition) is 4. The molecule has 0 aliphatic heterocycles. The fourth-order valence-electron chi connectivity index (χ4n) is 3.09. The second-order valence-electron chi connectivity index (χ2n) is 6.73. The van der Waals surface area contributed by atoms with E-state index in [1.165, 1.54) is 6.33 Å². The quantitative estimate of drug-likeness (QED) is 0.569. The second-order valence-corrected chi connectivity index (χ2v) is 6.73. The van der Waals surface area contributed by atoms with Crippen molar-refractivity contribution in [2.24, 2.45) is 0 Å². The molecule has 27 heavy (non-hydrogen) atoms. The predicted octanol–water partition coefficient (Wildman–Crippen LogP) is 3.58. The van der Waals surface area contributed by atoms with Crippen molar-refractivity contribution in [1.29, 1.82) is 0 Å². The molecule has 1 amide bonds. The maximum absolute atomic E-state index is 12.5. The number of H-pyrrole nitrogens is 1. The molecule has 0 unspecified atom stereocenters. The van der Waals surface area contributed by atoms with Crippen LogP contribution in [0.4, 0.5) is 5.69 Å². The van der Waals surface area contributed by atoms with Crippen LogP contribution in [-0.4, -0.2) is 30.4 Å². The Labute approximate surface area is 156 Å². The molecule has 0 atom stereocenters. The SMILES string of the molecule is CC(C)c1nccn1Cc1cccc(NC(=O)c2cc3cncnc3[nH]2)c1. The van der Waals surface area contributed by atoms with Crippen molar-refractivity contribution in [2.75, 3.05) is 5.32 Å². The Morgan fingerprint density at radius 1 is 1.26 bits per heavy atom. The molecule has 0 bridgehead atoms. The van der Waals surface area contributed by atoms with Crippen molar-refractivity contribution < 1.29 is 4.79 Å². The van der Waals surface area contributed by atoms with Crippen molar-refractivity contribution in [3.63, 3.8) is 0 Å². The van der Waals surface area contributed by atoms with Gasteiger partial charge in [-0.1, -0.05) is 26.0 Å². The lowest BCUT2D eigenvalue weighted by Crippen LogP contribution is -2.12. The van der Waals surface area contributed by atoms with Gasteiger partial charge in [-0.3, -0.25) is 4.79 Å². The largest absolute Gasteiger partial charge is 0.335 e. The summed E-state index contributed by atoms with van der Waals surface area (Å²) in [5.74, 6) is 1.19. The van der Waals surface area contributed by atoms with Gasteiger partial charge in [-0.2, -0.15) is 0 Å². The number of carbonyl (C=O) groups is 1. The summed E-state index contributed by atoms with van der Waals surface area (Å²) in [4.78, 5) is 28.1. The van der Waals surface area contributed by atoms with Gasteiger partial charge in [0.15, 0.2) is 0 Å². The standard InChI is InChI=1S/C20H20N6O/c1-13(2)19-22-6-7-26(19)11-14-4-3-5-16(8-14)24-20(27)17-9-15-10-21-12-23-18(15)25-17/h3-10,12-13H,11H2,1-2H3,(H,24,27)(H,21,23,25). The molecular weight excluding hydrogens is 340 g/mol. The second kappa shape index (κ2) is 7.03. The maximum atomic E-state index is 12.5. The van der Waals surface area contributed by atoms with Crippen molar-refractivity contribution >= 4 is 22.6 Å². The van der Waals surface area contributed by atoms with Crippen molar-refractivity contribution in [2.45, 2.75) is 26.3 Å². The molecule has 0 fully saturated rings. The van der Waals surface area contributed by atoms with Crippen LogP contribution in [0.5, 0.6) is 0 Å². The van der Waals surface area contributed by atoms with Gasteiger partial charge < -0.3 is 14.9 Å². The van der Waals surface area contributed by atoms with Gasteiger partial charge in [-0.25, -0.2) is 15.0 Å². The molecular formula is C20H20N6O. The Morgan fingerprint density at radius 3 is 2.96 bits per heavy atom. The maximum Gasteiger partial charge on any atom is 0.272 e. The molecule has 136 valence electrons. The van der Waals surface area contributed by atoms with E-state index >= 15 is 0 Å². The smallest absolute Gasteiger partial charge is 0.272 e. The molecule has 0 saturated heterocycles. The molecule has 3 aromatic heterocycles. The van der Waals surface area contributed by atoms with Crippen LogP contribution in [-0.2, 0) is 6.54 Å². The Kier molecular flexibility index (Phi) is 4.42. The van der Waals surface area contributed by atoms with E-state index in [4.69, 9.17) is 0 Å². The van der Waals surface area contributed by atoms with Gasteiger partial charge in [-0.05, 0) is 23.8 Å². The number of nitrogens with zero attached hydrogens (tertiary/aromatic N) is 4. The van der Waals surface area contributed by atoms with Gasteiger partial charge in [0.2, 0.25) is 0 Å². The highest BCUT2D eigenvalue weighted by Crippen LogP contribution is 2.18. The van der Waals surface area contributed by atoms with E-state index in [-0.39, 0.29) is 5.91 Å². The molecule has 1 aromatic carbocycles. The summed E-state index contributed by atoms with van der Waals surface area (Å²) in [7, 11) is 0. The molecule has 3 heterocycles. The van der Waals surface area contributed by atoms with Crippen LogP contribution in [0.3, 0.4) is 0 Å². The summed E-state index contributed by atoms with van der Waals surface area (Å²) in [6.45, 7) is 4.96. The lowest BCUT2D eigenvalue weighted by molar-refractivity contribution is 0.102. The Morgan fingerprint density at radius 2 is 2.15 bits per heavy atom. The number of imidazole rings is 1. The van der Waals surface area contributed by atoms with Gasteiger partial charge in [0.1, 0.15) is 23.5 Å². The topological polar surface area (TPSA) is 88.5 Å². The molecule has 0 saturated carbocycles. The zero-order valence-electron chi connectivity index (χ0n) is 15.2. The number of amides is 1. The minimum absolute atomic E-state index is 0.212. The van der Waals surface area contributed by atoms with Gasteiger partial charge in [0.05, 0.1) is 0 Å². The number of carbonyl (C=O) groups excluding carboxylic acids is 1. The fourth-order valence-corrected chi connectivity index (χ4v) is 3.09. The van der Waals surface area contributed by atoms with Crippen LogP contribution in [0.15, 0.2) is 55.2 Å². The van der Waals surface area contributed by atoms with E-state index in [1.807, 2.05) is 36.7 Å². The Balaban J connectivity index is 1.52. The highest BCUT2D eigenvalue weighted by Gasteiger charge is 2.11. The zero-order chi connectivity index (χ0) is 18.8. The number of hydrogen-bond donors (Lipinski definition) is 2. The first-order valence-corrected chi connectivity index (χ1v) is 8.80. The average Bonchev–Trinajstić information content (AvgIpc) is 3.28. The number of rotatable bonds is 5. The highest BCUT2D eigenvalue weighted by atomic mass is 16.1. The van der Waals surface area contributed by atoms with Crippen molar-refractivity contribution in [1.82, 2.24) is 24.5 Å². The zero-order valence-corrected chi connectivity index (χ0v) is 15.2. The summed E-state index contributed by atoms with van der Waals surface area (Å²) in [6.07, 6.45) is 6.92. The minimum Gasteiger partial charge on any atom is -0.335 e. The van der Waals surface area contributed by atoms with E-state index in [2.05, 4.69) is 43.7 Å². The Bertz CT molecular complexity index is 1060. The van der Waals surface area contributed by atoms with E-state index in [1.54, 1.807) is 12.3 Å². The Hall–Kier alpha value is -3.48. The van der Waals surface area contributed by atoms with Gasteiger partial charge in [0, 0.05) is 42.1 Å². The van der Waals surface area contributed by atoms with Crippen molar-refractivity contribution in [3.8, 4) is 0 Å². The summed E-state index contributed by atoms with van der Waals surface area (Å²) in [6, 6.07) is 9.58. The normalized spacial score (nSPS) is 11.2. The van der Waals surface area contributed by atoms with E-state index in [0.717, 1.165) is 22.5 Å². The third-order valence-corrected chi connectivity index (χ3v) is 4.34. The van der Waals surface area contributed by atoms with E-state index in [9.17, 15) is 4.79 Å². The lowest BCUT2D eigenvalue weighted by Gasteiger charge is -2.11. The highest BCUT2D eigenvalue weighted by molar-refractivity contribution is 6.05. The van der Waals surface area contributed by atoms with Gasteiger partial charge in [0.25, 0.3) is 5.91 Å². The molecule has 0 aliphatic rings. The first kappa shape index (κ1) is 17.0.